The van der Waals surface area contributed by atoms with Crippen molar-refractivity contribution in [3.05, 3.63) is 85.2 Å². The fourth-order valence-electron chi connectivity index (χ4n) is 3.24. The summed E-state index contributed by atoms with van der Waals surface area (Å²) >= 11 is 0. The summed E-state index contributed by atoms with van der Waals surface area (Å²) in [6.07, 6.45) is 3.58. The SMILES string of the molecule is c1ccc(-c2oc(-c3ccccc3)c3cc4cnncc4cc23)cc1. The molecule has 0 unspecified atom stereocenters. The lowest BCUT2D eigenvalue weighted by Gasteiger charge is -2.00. The fourth-order valence-corrected chi connectivity index (χ4v) is 3.24. The van der Waals surface area contributed by atoms with Crippen molar-refractivity contribution in [2.24, 2.45) is 0 Å². The molecule has 2 aromatic heterocycles. The first-order chi connectivity index (χ1) is 12.4. The van der Waals surface area contributed by atoms with E-state index in [0.717, 1.165) is 44.2 Å². The van der Waals surface area contributed by atoms with Gasteiger partial charge in [0.15, 0.2) is 0 Å². The quantitative estimate of drug-likeness (QED) is 0.418. The first-order valence-electron chi connectivity index (χ1n) is 8.18. The lowest BCUT2D eigenvalue weighted by molar-refractivity contribution is 0.602. The van der Waals surface area contributed by atoms with Crippen LogP contribution in [0, 0.1) is 0 Å². The molecule has 0 atom stereocenters. The molecule has 0 aliphatic heterocycles. The second kappa shape index (κ2) is 5.56. The summed E-state index contributed by atoms with van der Waals surface area (Å²) in [7, 11) is 0. The van der Waals surface area contributed by atoms with Crippen molar-refractivity contribution in [2.45, 2.75) is 0 Å². The fraction of sp³-hybridized carbons (Fsp3) is 0. The van der Waals surface area contributed by atoms with E-state index in [0.29, 0.717) is 0 Å². The van der Waals surface area contributed by atoms with Gasteiger partial charge < -0.3 is 4.42 Å². The van der Waals surface area contributed by atoms with Gasteiger partial charge in [-0.25, -0.2) is 0 Å². The second-order valence-electron chi connectivity index (χ2n) is 6.01. The standard InChI is InChI=1S/C22H14N2O/c1-3-7-15(8-4-1)21-19-11-17-13-23-24-14-18(17)12-20(19)22(25-21)16-9-5-2-6-10-16/h1-14H. The van der Waals surface area contributed by atoms with Gasteiger partial charge in [0.2, 0.25) is 0 Å². The maximum atomic E-state index is 6.37. The summed E-state index contributed by atoms with van der Waals surface area (Å²) in [5.41, 5.74) is 2.13. The maximum Gasteiger partial charge on any atom is 0.142 e. The van der Waals surface area contributed by atoms with Gasteiger partial charge in [-0.1, -0.05) is 60.7 Å². The molecular weight excluding hydrogens is 308 g/mol. The van der Waals surface area contributed by atoms with Crippen LogP contribution in [0.3, 0.4) is 0 Å². The minimum absolute atomic E-state index is 0.883. The Morgan fingerprint density at radius 3 is 1.44 bits per heavy atom. The molecule has 118 valence electrons. The lowest BCUT2D eigenvalue weighted by Crippen LogP contribution is -1.81. The number of nitrogens with zero attached hydrogens (tertiary/aromatic N) is 2. The average molecular weight is 322 g/mol. The number of rotatable bonds is 2. The normalized spacial score (nSPS) is 11.2. The van der Waals surface area contributed by atoms with Crippen molar-refractivity contribution in [3.63, 3.8) is 0 Å². The van der Waals surface area contributed by atoms with E-state index in [2.05, 4.69) is 46.6 Å². The van der Waals surface area contributed by atoms with Crippen molar-refractivity contribution in [1.82, 2.24) is 10.2 Å². The molecule has 3 heteroatoms. The van der Waals surface area contributed by atoms with Crippen LogP contribution in [-0.4, -0.2) is 10.2 Å². The van der Waals surface area contributed by atoms with Crippen LogP contribution in [0.4, 0.5) is 0 Å². The van der Waals surface area contributed by atoms with Gasteiger partial charge in [0.25, 0.3) is 0 Å². The molecule has 3 nitrogen and oxygen atoms in total. The minimum Gasteiger partial charge on any atom is -0.455 e. The Bertz CT molecular complexity index is 1090. The highest BCUT2D eigenvalue weighted by molar-refractivity contribution is 6.08. The maximum absolute atomic E-state index is 6.37. The Morgan fingerprint density at radius 1 is 0.560 bits per heavy atom. The summed E-state index contributed by atoms with van der Waals surface area (Å²) in [5.74, 6) is 1.77. The molecule has 0 saturated carbocycles. The van der Waals surface area contributed by atoms with Crippen LogP contribution in [0.1, 0.15) is 0 Å². The van der Waals surface area contributed by atoms with Gasteiger partial charge in [-0.05, 0) is 12.1 Å². The zero-order chi connectivity index (χ0) is 16.6. The highest BCUT2D eigenvalue weighted by atomic mass is 16.3. The first kappa shape index (κ1) is 13.9. The number of hydrogen-bond donors (Lipinski definition) is 0. The van der Waals surface area contributed by atoms with E-state index >= 15 is 0 Å². The highest BCUT2D eigenvalue weighted by Crippen LogP contribution is 2.40. The molecule has 0 N–H and O–H groups in total. The van der Waals surface area contributed by atoms with E-state index in [9.17, 15) is 0 Å². The van der Waals surface area contributed by atoms with Gasteiger partial charge in [0.1, 0.15) is 11.5 Å². The van der Waals surface area contributed by atoms with E-state index in [1.807, 2.05) is 36.4 Å². The third-order valence-corrected chi connectivity index (χ3v) is 4.45. The van der Waals surface area contributed by atoms with Crippen molar-refractivity contribution >= 4 is 21.5 Å². The van der Waals surface area contributed by atoms with Gasteiger partial charge in [-0.15, -0.1) is 0 Å². The Hall–Kier alpha value is -3.46. The van der Waals surface area contributed by atoms with Crippen LogP contribution in [0.5, 0.6) is 0 Å². The Kier molecular flexibility index (Phi) is 3.10. The molecule has 0 bridgehead atoms. The third-order valence-electron chi connectivity index (χ3n) is 4.45. The van der Waals surface area contributed by atoms with Crippen LogP contribution >= 0.6 is 0 Å². The van der Waals surface area contributed by atoms with E-state index in [1.54, 1.807) is 12.4 Å². The van der Waals surface area contributed by atoms with E-state index in [4.69, 9.17) is 4.42 Å². The van der Waals surface area contributed by atoms with Crippen LogP contribution in [-0.2, 0) is 0 Å². The molecular formula is C22H14N2O. The molecule has 0 amide bonds. The molecule has 0 aliphatic carbocycles. The molecule has 0 saturated heterocycles. The van der Waals surface area contributed by atoms with E-state index < -0.39 is 0 Å². The summed E-state index contributed by atoms with van der Waals surface area (Å²) in [4.78, 5) is 0. The van der Waals surface area contributed by atoms with Crippen molar-refractivity contribution < 1.29 is 4.42 Å². The molecule has 0 fully saturated rings. The Morgan fingerprint density at radius 2 is 1.00 bits per heavy atom. The Balaban J connectivity index is 1.89. The number of benzene rings is 3. The molecule has 3 aromatic carbocycles. The monoisotopic (exact) mass is 322 g/mol. The second-order valence-corrected chi connectivity index (χ2v) is 6.01. The number of aromatic nitrogens is 2. The number of hydrogen-bond acceptors (Lipinski definition) is 3. The number of furan rings is 1. The third kappa shape index (κ3) is 2.29. The number of fused-ring (bicyclic) bond motifs is 2. The van der Waals surface area contributed by atoms with Gasteiger partial charge in [-0.2, -0.15) is 10.2 Å². The van der Waals surface area contributed by atoms with Crippen molar-refractivity contribution in [1.29, 1.82) is 0 Å². The largest absolute Gasteiger partial charge is 0.455 e. The topological polar surface area (TPSA) is 38.9 Å². The summed E-state index contributed by atoms with van der Waals surface area (Å²) < 4.78 is 6.37. The molecule has 0 aliphatic rings. The zero-order valence-electron chi connectivity index (χ0n) is 13.4. The predicted octanol–water partition coefficient (Wildman–Crippen LogP) is 5.71. The first-order valence-corrected chi connectivity index (χ1v) is 8.18. The molecule has 25 heavy (non-hydrogen) atoms. The molecule has 0 spiro atoms. The van der Waals surface area contributed by atoms with Crippen molar-refractivity contribution in [3.8, 4) is 22.6 Å². The van der Waals surface area contributed by atoms with Gasteiger partial charge in [0, 0.05) is 32.7 Å². The molecule has 5 rings (SSSR count). The van der Waals surface area contributed by atoms with Gasteiger partial charge in [0.05, 0.1) is 12.4 Å². The predicted molar refractivity (Wildman–Crippen MR) is 100 cm³/mol. The zero-order valence-corrected chi connectivity index (χ0v) is 13.4. The van der Waals surface area contributed by atoms with Gasteiger partial charge in [-0.3, -0.25) is 0 Å². The van der Waals surface area contributed by atoms with Crippen LogP contribution in [0.25, 0.3) is 44.2 Å². The summed E-state index contributed by atoms with van der Waals surface area (Å²) in [6, 6.07) is 24.7. The van der Waals surface area contributed by atoms with Crippen LogP contribution in [0.15, 0.2) is 89.6 Å². The minimum atomic E-state index is 0.883. The van der Waals surface area contributed by atoms with Crippen LogP contribution < -0.4 is 0 Å². The molecule has 2 heterocycles. The summed E-state index contributed by atoms with van der Waals surface area (Å²) in [5, 5.41) is 12.3. The van der Waals surface area contributed by atoms with Gasteiger partial charge >= 0.3 is 0 Å². The Labute approximate surface area is 144 Å². The van der Waals surface area contributed by atoms with Crippen molar-refractivity contribution in [2.75, 3.05) is 0 Å². The lowest BCUT2D eigenvalue weighted by atomic mass is 10.0. The van der Waals surface area contributed by atoms with Crippen LogP contribution in [0.2, 0.25) is 0 Å². The van der Waals surface area contributed by atoms with E-state index in [-0.39, 0.29) is 0 Å². The van der Waals surface area contributed by atoms with E-state index in [1.165, 1.54) is 0 Å². The molecule has 0 radical (unpaired) electrons. The highest BCUT2D eigenvalue weighted by Gasteiger charge is 2.17. The average Bonchev–Trinajstić information content (AvgIpc) is 3.06. The smallest absolute Gasteiger partial charge is 0.142 e. The summed E-state index contributed by atoms with van der Waals surface area (Å²) in [6.45, 7) is 0. The molecule has 5 aromatic rings.